The summed E-state index contributed by atoms with van der Waals surface area (Å²) in [6, 6.07) is 4.57. The average molecular weight is 530 g/mol. The standard InChI is InChI=1S/C31H51N3O4/c1-14-38-29(37)22(6)18-24(19(2)3)34(13)28(36)26(30(7,8)9)33-27(35)25(32-12)31(10,11)23-16-15-20(4)21(5)17-23/h15-19,24-26,32H,14H2,1-13H3,(H,33,35)/b22-18+/t24-,25-,26-/m1/s1. The molecule has 0 spiro atoms. The minimum Gasteiger partial charge on any atom is -0.463 e. The zero-order valence-electron chi connectivity index (χ0n) is 25.9. The van der Waals surface area contributed by atoms with Crippen LogP contribution in [0.15, 0.2) is 29.8 Å². The first-order valence-corrected chi connectivity index (χ1v) is 13.6. The van der Waals surface area contributed by atoms with Gasteiger partial charge in [0.05, 0.1) is 18.7 Å². The summed E-state index contributed by atoms with van der Waals surface area (Å²) in [7, 11) is 3.49. The molecule has 7 nitrogen and oxygen atoms in total. The Morgan fingerprint density at radius 2 is 1.61 bits per heavy atom. The van der Waals surface area contributed by atoms with Gasteiger partial charge < -0.3 is 20.3 Å². The molecule has 0 aromatic heterocycles. The normalized spacial score (nSPS) is 15.1. The van der Waals surface area contributed by atoms with Crippen molar-refractivity contribution in [2.24, 2.45) is 11.3 Å². The molecule has 0 bridgehead atoms. The Balaban J connectivity index is 3.34. The number of hydrogen-bond acceptors (Lipinski definition) is 5. The summed E-state index contributed by atoms with van der Waals surface area (Å²) in [6.07, 6.45) is 1.78. The highest BCUT2D eigenvalue weighted by Gasteiger charge is 2.41. The molecule has 0 aliphatic rings. The SMILES string of the molecule is CCOC(=O)/C(C)=C/[C@H](C(C)C)N(C)C(=O)[C@@H](NC(=O)[C@@H](NC)C(C)(C)c1ccc(C)c(C)c1)C(C)(C)C. The van der Waals surface area contributed by atoms with Crippen molar-refractivity contribution in [3.05, 3.63) is 46.5 Å². The van der Waals surface area contributed by atoms with Crippen molar-refractivity contribution in [3.8, 4) is 0 Å². The van der Waals surface area contributed by atoms with Crippen molar-refractivity contribution in [3.63, 3.8) is 0 Å². The number of rotatable bonds is 11. The van der Waals surface area contributed by atoms with Gasteiger partial charge in [-0.05, 0) is 62.8 Å². The molecule has 0 heterocycles. The van der Waals surface area contributed by atoms with Gasteiger partial charge in [0.15, 0.2) is 0 Å². The second-order valence-corrected chi connectivity index (χ2v) is 12.3. The first kappa shape index (κ1) is 33.4. The molecular formula is C31H51N3O4. The van der Waals surface area contributed by atoms with E-state index in [-0.39, 0.29) is 30.4 Å². The van der Waals surface area contributed by atoms with E-state index in [2.05, 4.69) is 42.7 Å². The summed E-state index contributed by atoms with van der Waals surface area (Å²) < 4.78 is 5.13. The maximum Gasteiger partial charge on any atom is 0.333 e. The summed E-state index contributed by atoms with van der Waals surface area (Å²) in [4.78, 5) is 41.5. The van der Waals surface area contributed by atoms with Gasteiger partial charge in [0.1, 0.15) is 6.04 Å². The van der Waals surface area contributed by atoms with Crippen LogP contribution >= 0.6 is 0 Å². The molecule has 0 radical (unpaired) electrons. The number of nitrogens with one attached hydrogen (secondary N) is 2. The van der Waals surface area contributed by atoms with Crippen LogP contribution in [0.4, 0.5) is 0 Å². The van der Waals surface area contributed by atoms with Gasteiger partial charge in [0, 0.05) is 18.0 Å². The summed E-state index contributed by atoms with van der Waals surface area (Å²) in [6.45, 7) is 21.8. The molecule has 0 aliphatic carbocycles. The lowest BCUT2D eigenvalue weighted by molar-refractivity contribution is -0.141. The number of nitrogens with zero attached hydrogens (tertiary/aromatic N) is 1. The monoisotopic (exact) mass is 529 g/mol. The molecule has 2 N–H and O–H groups in total. The molecule has 2 amide bonds. The molecule has 1 aromatic carbocycles. The van der Waals surface area contributed by atoms with E-state index in [9.17, 15) is 14.4 Å². The summed E-state index contributed by atoms with van der Waals surface area (Å²) in [5, 5.41) is 6.27. The smallest absolute Gasteiger partial charge is 0.333 e. The Hall–Kier alpha value is -2.67. The molecule has 0 fully saturated rings. The van der Waals surface area contributed by atoms with Crippen LogP contribution in [-0.2, 0) is 24.5 Å². The van der Waals surface area contributed by atoms with E-state index in [1.54, 1.807) is 38.9 Å². The number of aryl methyl sites for hydroxylation is 2. The minimum absolute atomic E-state index is 0.0402. The number of hydrogen-bond donors (Lipinski definition) is 2. The highest BCUT2D eigenvalue weighted by molar-refractivity contribution is 5.92. The number of carbonyl (C=O) groups excluding carboxylic acids is 3. The maximum atomic E-state index is 13.9. The van der Waals surface area contributed by atoms with Gasteiger partial charge in [-0.2, -0.15) is 0 Å². The zero-order valence-corrected chi connectivity index (χ0v) is 25.9. The van der Waals surface area contributed by atoms with E-state index in [4.69, 9.17) is 4.74 Å². The lowest BCUT2D eigenvalue weighted by Crippen LogP contribution is -2.61. The van der Waals surface area contributed by atoms with Crippen LogP contribution in [0.5, 0.6) is 0 Å². The van der Waals surface area contributed by atoms with Gasteiger partial charge in [0.2, 0.25) is 11.8 Å². The van der Waals surface area contributed by atoms with Crippen molar-refractivity contribution in [2.75, 3.05) is 20.7 Å². The molecule has 0 unspecified atom stereocenters. The van der Waals surface area contributed by atoms with Gasteiger partial charge in [-0.25, -0.2) is 4.79 Å². The number of amides is 2. The van der Waals surface area contributed by atoms with Crippen LogP contribution in [0.2, 0.25) is 0 Å². The van der Waals surface area contributed by atoms with Gasteiger partial charge in [-0.1, -0.05) is 72.7 Å². The summed E-state index contributed by atoms with van der Waals surface area (Å²) in [5.74, 6) is -0.809. The Morgan fingerprint density at radius 3 is 2.05 bits per heavy atom. The minimum atomic E-state index is -0.774. The second-order valence-electron chi connectivity index (χ2n) is 12.3. The number of ether oxygens (including phenoxy) is 1. The molecule has 0 saturated carbocycles. The van der Waals surface area contributed by atoms with Crippen LogP contribution in [0, 0.1) is 25.2 Å². The fourth-order valence-electron chi connectivity index (χ4n) is 4.67. The summed E-state index contributed by atoms with van der Waals surface area (Å²) >= 11 is 0. The van der Waals surface area contributed by atoms with Gasteiger partial charge in [-0.15, -0.1) is 0 Å². The van der Waals surface area contributed by atoms with Crippen LogP contribution in [0.1, 0.15) is 79.0 Å². The quantitative estimate of drug-likeness (QED) is 0.321. The van der Waals surface area contributed by atoms with Crippen molar-refractivity contribution < 1.29 is 19.1 Å². The number of esters is 1. The lowest BCUT2D eigenvalue weighted by atomic mass is 9.76. The fourth-order valence-corrected chi connectivity index (χ4v) is 4.67. The second kappa shape index (κ2) is 13.4. The first-order valence-electron chi connectivity index (χ1n) is 13.6. The van der Waals surface area contributed by atoms with Crippen molar-refractivity contribution >= 4 is 17.8 Å². The van der Waals surface area contributed by atoms with E-state index in [0.717, 1.165) is 5.56 Å². The van der Waals surface area contributed by atoms with E-state index < -0.39 is 28.9 Å². The van der Waals surface area contributed by atoms with Gasteiger partial charge >= 0.3 is 5.97 Å². The average Bonchev–Trinajstić information content (AvgIpc) is 2.81. The lowest BCUT2D eigenvalue weighted by Gasteiger charge is -2.40. The molecule has 0 saturated heterocycles. The van der Waals surface area contributed by atoms with E-state index in [0.29, 0.717) is 5.57 Å². The van der Waals surface area contributed by atoms with E-state index in [1.807, 2.05) is 48.5 Å². The Morgan fingerprint density at radius 1 is 1.03 bits per heavy atom. The fraction of sp³-hybridized carbons (Fsp3) is 0.645. The Bertz CT molecular complexity index is 1020. The highest BCUT2D eigenvalue weighted by Crippen LogP contribution is 2.30. The van der Waals surface area contributed by atoms with Crippen molar-refractivity contribution in [1.82, 2.24) is 15.5 Å². The third-order valence-corrected chi connectivity index (χ3v) is 7.42. The molecule has 7 heteroatoms. The topological polar surface area (TPSA) is 87.7 Å². The largest absolute Gasteiger partial charge is 0.463 e. The molecule has 38 heavy (non-hydrogen) atoms. The number of carbonyl (C=O) groups is 3. The molecular weight excluding hydrogens is 478 g/mol. The summed E-state index contributed by atoms with van der Waals surface area (Å²) in [5.41, 5.74) is 2.78. The van der Waals surface area contributed by atoms with Crippen LogP contribution < -0.4 is 10.6 Å². The Labute approximate surface area is 230 Å². The highest BCUT2D eigenvalue weighted by atomic mass is 16.5. The van der Waals surface area contributed by atoms with Crippen molar-refractivity contribution in [1.29, 1.82) is 0 Å². The third-order valence-electron chi connectivity index (χ3n) is 7.42. The zero-order chi connectivity index (χ0) is 29.6. The predicted molar refractivity (Wildman–Crippen MR) is 155 cm³/mol. The van der Waals surface area contributed by atoms with Crippen LogP contribution in [0.3, 0.4) is 0 Å². The first-order chi connectivity index (χ1) is 17.4. The maximum absolute atomic E-state index is 13.9. The molecule has 0 aliphatic heterocycles. The molecule has 1 aromatic rings. The van der Waals surface area contributed by atoms with E-state index in [1.165, 1.54) is 11.1 Å². The van der Waals surface area contributed by atoms with E-state index >= 15 is 0 Å². The van der Waals surface area contributed by atoms with Crippen LogP contribution in [-0.4, -0.2) is 61.5 Å². The van der Waals surface area contributed by atoms with Crippen LogP contribution in [0.25, 0.3) is 0 Å². The van der Waals surface area contributed by atoms with Crippen molar-refractivity contribution in [2.45, 2.75) is 99.7 Å². The predicted octanol–water partition coefficient (Wildman–Crippen LogP) is 4.69. The van der Waals surface area contributed by atoms with Gasteiger partial charge in [0.25, 0.3) is 0 Å². The molecule has 3 atom stereocenters. The molecule has 1 rings (SSSR count). The Kier molecular flexibility index (Phi) is 11.8. The third kappa shape index (κ3) is 8.16. The number of likely N-dealkylation sites (N-methyl/N-ethyl adjacent to an activating group) is 2. The number of benzene rings is 1. The van der Waals surface area contributed by atoms with Gasteiger partial charge in [-0.3, -0.25) is 9.59 Å². The molecule has 214 valence electrons.